The number of halogens is 2. The second-order valence-electron chi connectivity index (χ2n) is 6.08. The van der Waals surface area contributed by atoms with E-state index in [9.17, 15) is 18.4 Å². The highest BCUT2D eigenvalue weighted by Gasteiger charge is 2.40. The number of ether oxygens (including phenoxy) is 1. The van der Waals surface area contributed by atoms with Gasteiger partial charge >= 0.3 is 0 Å². The fourth-order valence-electron chi connectivity index (χ4n) is 2.96. The molecule has 0 bridgehead atoms. The smallest absolute Gasteiger partial charge is 0.251 e. The predicted octanol–water partition coefficient (Wildman–Crippen LogP) is 2.18. The molecule has 26 heavy (non-hydrogen) atoms. The summed E-state index contributed by atoms with van der Waals surface area (Å²) in [5.41, 5.74) is 1.06. The van der Waals surface area contributed by atoms with Crippen LogP contribution in [0.1, 0.15) is 17.2 Å². The van der Waals surface area contributed by atoms with Crippen LogP contribution in [0.4, 0.5) is 8.78 Å². The maximum Gasteiger partial charge on any atom is 0.251 e. The van der Waals surface area contributed by atoms with Gasteiger partial charge in [0.15, 0.2) is 6.10 Å². The zero-order valence-electron chi connectivity index (χ0n) is 14.1. The van der Waals surface area contributed by atoms with Gasteiger partial charge in [-0.1, -0.05) is 24.3 Å². The highest BCUT2D eigenvalue weighted by atomic mass is 19.1. The number of nitrogens with one attached hydrogen (secondary N) is 1. The summed E-state index contributed by atoms with van der Waals surface area (Å²) in [6.45, 7) is -0.121. The molecule has 1 heterocycles. The van der Waals surface area contributed by atoms with Crippen molar-refractivity contribution in [1.29, 1.82) is 0 Å². The van der Waals surface area contributed by atoms with Gasteiger partial charge in [-0.2, -0.15) is 0 Å². The lowest BCUT2D eigenvalue weighted by Crippen LogP contribution is -2.52. The minimum atomic E-state index is -0.993. The van der Waals surface area contributed by atoms with Crippen LogP contribution in [0.3, 0.4) is 0 Å². The second kappa shape index (κ2) is 7.61. The van der Waals surface area contributed by atoms with Gasteiger partial charge in [-0.05, 0) is 35.4 Å². The fourth-order valence-corrected chi connectivity index (χ4v) is 2.96. The van der Waals surface area contributed by atoms with E-state index in [0.717, 1.165) is 0 Å². The van der Waals surface area contributed by atoms with Crippen LogP contribution in [-0.4, -0.2) is 36.5 Å². The molecule has 5 nitrogen and oxygen atoms in total. The number of benzene rings is 2. The molecule has 1 aliphatic heterocycles. The molecule has 0 aliphatic carbocycles. The van der Waals surface area contributed by atoms with Gasteiger partial charge in [0.1, 0.15) is 18.2 Å². The number of nitrogens with zero attached hydrogens (tertiary/aromatic N) is 1. The summed E-state index contributed by atoms with van der Waals surface area (Å²) in [4.78, 5) is 26.0. The molecular formula is C19H18F2N2O3. The van der Waals surface area contributed by atoms with Crippen LogP contribution in [0.5, 0.6) is 0 Å². The van der Waals surface area contributed by atoms with Crippen LogP contribution in [0.25, 0.3) is 0 Å². The Morgan fingerprint density at radius 1 is 1.19 bits per heavy atom. The van der Waals surface area contributed by atoms with Gasteiger partial charge in [0.05, 0.1) is 6.04 Å². The van der Waals surface area contributed by atoms with Gasteiger partial charge in [0.2, 0.25) is 5.91 Å². The molecule has 136 valence electrons. The van der Waals surface area contributed by atoms with Crippen LogP contribution < -0.4 is 5.32 Å². The molecule has 3 rings (SSSR count). The van der Waals surface area contributed by atoms with Crippen molar-refractivity contribution in [1.82, 2.24) is 10.2 Å². The molecule has 1 fully saturated rings. The Bertz CT molecular complexity index is 828. The minimum absolute atomic E-state index is 0.115. The Kier molecular flexibility index (Phi) is 5.27. The largest absolute Gasteiger partial charge is 0.356 e. The van der Waals surface area contributed by atoms with Gasteiger partial charge in [-0.3, -0.25) is 9.59 Å². The molecule has 1 saturated heterocycles. The average Bonchev–Trinajstić information content (AvgIpc) is 2.62. The van der Waals surface area contributed by atoms with Crippen molar-refractivity contribution >= 4 is 11.8 Å². The number of carbonyl (C=O) groups excluding carboxylic acids is 2. The van der Waals surface area contributed by atoms with Gasteiger partial charge < -0.3 is 15.0 Å². The molecule has 2 aromatic rings. The van der Waals surface area contributed by atoms with Crippen LogP contribution >= 0.6 is 0 Å². The molecule has 1 aliphatic rings. The molecule has 0 unspecified atom stereocenters. The maximum atomic E-state index is 13.6. The topological polar surface area (TPSA) is 58.6 Å². The summed E-state index contributed by atoms with van der Waals surface area (Å²) < 4.78 is 32.3. The summed E-state index contributed by atoms with van der Waals surface area (Å²) in [6.07, 6.45) is -0.993. The molecule has 0 saturated carbocycles. The SMILES string of the molecule is CN1C(=O)CO[C@@H](C(=O)NCc2cccc(F)c2)[C@H]1c1cccc(F)c1. The standard InChI is InChI=1S/C19H18F2N2O3/c1-23-16(24)11-26-18(17(23)13-5-3-7-15(21)9-13)19(25)22-10-12-4-2-6-14(20)8-12/h2-9,17-18H,10-11H2,1H3,(H,22,25)/t17-,18-/m1/s1. The Morgan fingerprint density at radius 2 is 1.88 bits per heavy atom. The molecule has 0 spiro atoms. The summed E-state index contributed by atoms with van der Waals surface area (Å²) in [5.74, 6) is -1.61. The lowest BCUT2D eigenvalue weighted by Gasteiger charge is -2.38. The van der Waals surface area contributed by atoms with Crippen molar-refractivity contribution in [2.45, 2.75) is 18.7 Å². The molecule has 1 N–H and O–H groups in total. The van der Waals surface area contributed by atoms with E-state index < -0.39 is 29.7 Å². The zero-order chi connectivity index (χ0) is 18.7. The van der Waals surface area contributed by atoms with Gasteiger partial charge in [-0.25, -0.2) is 8.78 Å². The number of likely N-dealkylation sites (N-methyl/N-ethyl adjacent to an activating group) is 1. The lowest BCUT2D eigenvalue weighted by molar-refractivity contribution is -0.162. The number of rotatable bonds is 4. The Balaban J connectivity index is 1.79. The van der Waals surface area contributed by atoms with Crippen LogP contribution in [0, 0.1) is 11.6 Å². The van der Waals surface area contributed by atoms with E-state index >= 15 is 0 Å². The van der Waals surface area contributed by atoms with E-state index in [-0.39, 0.29) is 19.1 Å². The van der Waals surface area contributed by atoms with Crippen LogP contribution in [-0.2, 0) is 20.9 Å². The quantitative estimate of drug-likeness (QED) is 0.909. The minimum Gasteiger partial charge on any atom is -0.356 e. The van der Waals surface area contributed by atoms with E-state index in [1.807, 2.05) is 0 Å². The summed E-state index contributed by atoms with van der Waals surface area (Å²) >= 11 is 0. The first kappa shape index (κ1) is 18.0. The third-order valence-corrected chi connectivity index (χ3v) is 4.29. The van der Waals surface area contributed by atoms with E-state index in [2.05, 4.69) is 5.32 Å². The van der Waals surface area contributed by atoms with E-state index in [1.54, 1.807) is 25.2 Å². The van der Waals surface area contributed by atoms with Crippen molar-refractivity contribution in [3.63, 3.8) is 0 Å². The first-order chi connectivity index (χ1) is 12.5. The third-order valence-electron chi connectivity index (χ3n) is 4.29. The highest BCUT2D eigenvalue weighted by molar-refractivity contribution is 5.86. The molecular weight excluding hydrogens is 342 g/mol. The van der Waals surface area contributed by atoms with E-state index in [1.165, 1.54) is 35.2 Å². The zero-order valence-corrected chi connectivity index (χ0v) is 14.1. The van der Waals surface area contributed by atoms with Crippen molar-refractivity contribution < 1.29 is 23.1 Å². The highest BCUT2D eigenvalue weighted by Crippen LogP contribution is 2.29. The van der Waals surface area contributed by atoms with Crippen molar-refractivity contribution in [2.75, 3.05) is 13.7 Å². The van der Waals surface area contributed by atoms with E-state index in [0.29, 0.717) is 11.1 Å². The Morgan fingerprint density at radius 3 is 2.58 bits per heavy atom. The summed E-state index contributed by atoms with van der Waals surface area (Å²) in [7, 11) is 1.55. The molecule has 2 amide bonds. The molecule has 7 heteroatoms. The van der Waals surface area contributed by atoms with E-state index in [4.69, 9.17) is 4.74 Å². The van der Waals surface area contributed by atoms with Crippen molar-refractivity contribution in [2.24, 2.45) is 0 Å². The Labute approximate surface area is 149 Å². The summed E-state index contributed by atoms with van der Waals surface area (Å²) in [5, 5.41) is 2.68. The number of hydrogen-bond donors (Lipinski definition) is 1. The van der Waals surface area contributed by atoms with Gasteiger partial charge in [0, 0.05) is 13.6 Å². The average molecular weight is 360 g/mol. The third kappa shape index (κ3) is 3.88. The first-order valence-corrected chi connectivity index (χ1v) is 8.10. The molecule has 2 atom stereocenters. The number of hydrogen-bond acceptors (Lipinski definition) is 3. The maximum absolute atomic E-state index is 13.6. The lowest BCUT2D eigenvalue weighted by atomic mass is 9.97. The number of amides is 2. The van der Waals surface area contributed by atoms with Crippen LogP contribution in [0.2, 0.25) is 0 Å². The molecule has 0 radical (unpaired) electrons. The normalized spacial score (nSPS) is 20.1. The fraction of sp³-hybridized carbons (Fsp3) is 0.263. The van der Waals surface area contributed by atoms with Crippen molar-refractivity contribution in [3.8, 4) is 0 Å². The van der Waals surface area contributed by atoms with Crippen LogP contribution in [0.15, 0.2) is 48.5 Å². The molecule has 2 aromatic carbocycles. The Hall–Kier alpha value is -2.80. The van der Waals surface area contributed by atoms with Gasteiger partial charge in [-0.15, -0.1) is 0 Å². The number of morpholine rings is 1. The first-order valence-electron chi connectivity index (χ1n) is 8.10. The predicted molar refractivity (Wildman–Crippen MR) is 89.9 cm³/mol. The molecule has 0 aromatic heterocycles. The second-order valence-corrected chi connectivity index (χ2v) is 6.08. The van der Waals surface area contributed by atoms with Gasteiger partial charge in [0.25, 0.3) is 5.91 Å². The number of carbonyl (C=O) groups is 2. The van der Waals surface area contributed by atoms with Crippen molar-refractivity contribution in [3.05, 3.63) is 71.3 Å². The summed E-state index contributed by atoms with van der Waals surface area (Å²) in [6, 6.07) is 10.8. The monoisotopic (exact) mass is 360 g/mol.